The minimum absolute atomic E-state index is 0.402. The fraction of sp³-hybridized carbons (Fsp3) is 0.400. The van der Waals surface area contributed by atoms with E-state index in [1.54, 1.807) is 7.11 Å². The minimum atomic E-state index is 0.402. The second kappa shape index (κ2) is 5.17. The Labute approximate surface area is 102 Å². The maximum atomic E-state index is 11.2. The topological polar surface area (TPSA) is 26.3 Å². The van der Waals surface area contributed by atoms with Crippen LogP contribution in [0.15, 0.2) is 24.8 Å². The molecule has 0 atom stereocenters. The van der Waals surface area contributed by atoms with Gasteiger partial charge in [-0.15, -0.1) is 0 Å². The summed E-state index contributed by atoms with van der Waals surface area (Å²) in [7, 11) is 1.67. The van der Waals surface area contributed by atoms with E-state index in [1.165, 1.54) is 5.56 Å². The van der Waals surface area contributed by atoms with Gasteiger partial charge in [0.25, 0.3) is 0 Å². The van der Waals surface area contributed by atoms with Crippen molar-refractivity contribution in [2.75, 3.05) is 7.11 Å². The molecule has 1 aliphatic rings. The van der Waals surface area contributed by atoms with E-state index in [0.717, 1.165) is 37.0 Å². The lowest BCUT2D eigenvalue weighted by Crippen LogP contribution is -2.12. The highest BCUT2D eigenvalue weighted by atomic mass is 16.5. The average molecular weight is 230 g/mol. The Kier molecular flexibility index (Phi) is 3.62. The summed E-state index contributed by atoms with van der Waals surface area (Å²) in [6.45, 7) is 3.80. The van der Waals surface area contributed by atoms with E-state index < -0.39 is 0 Å². The van der Waals surface area contributed by atoms with Crippen LogP contribution in [0, 0.1) is 0 Å². The van der Waals surface area contributed by atoms with Gasteiger partial charge in [0.1, 0.15) is 11.5 Å². The number of carbonyl (C=O) groups excluding carboxylic acids is 1. The van der Waals surface area contributed by atoms with Crippen molar-refractivity contribution in [1.29, 1.82) is 0 Å². The lowest BCUT2D eigenvalue weighted by atomic mass is 9.83. The monoisotopic (exact) mass is 230 g/mol. The molecule has 0 aromatic heterocycles. The Bertz CT molecular complexity index is 425. The van der Waals surface area contributed by atoms with Crippen molar-refractivity contribution in [3.05, 3.63) is 35.9 Å². The molecule has 0 radical (unpaired) electrons. The van der Waals surface area contributed by atoms with E-state index in [1.807, 2.05) is 12.1 Å². The molecule has 0 N–H and O–H groups in total. The van der Waals surface area contributed by atoms with Crippen molar-refractivity contribution in [1.82, 2.24) is 0 Å². The molecule has 0 amide bonds. The van der Waals surface area contributed by atoms with Crippen molar-refractivity contribution in [3.8, 4) is 5.75 Å². The van der Waals surface area contributed by atoms with Gasteiger partial charge in [-0.1, -0.05) is 18.7 Å². The van der Waals surface area contributed by atoms with E-state index in [2.05, 4.69) is 18.7 Å². The molecule has 0 bridgehead atoms. The highest BCUT2D eigenvalue weighted by Gasteiger charge is 2.20. The smallest absolute Gasteiger partial charge is 0.132 e. The summed E-state index contributed by atoms with van der Waals surface area (Å²) in [5.41, 5.74) is 2.33. The number of rotatable bonds is 3. The van der Waals surface area contributed by atoms with Gasteiger partial charge in [0.05, 0.1) is 7.11 Å². The quantitative estimate of drug-likeness (QED) is 0.793. The predicted octanol–water partition coefficient (Wildman–Crippen LogP) is 3.56. The van der Waals surface area contributed by atoms with Gasteiger partial charge in [-0.25, -0.2) is 0 Å². The van der Waals surface area contributed by atoms with Gasteiger partial charge >= 0.3 is 0 Å². The van der Waals surface area contributed by atoms with Gasteiger partial charge in [0.15, 0.2) is 0 Å². The molecular formula is C15H18O2. The first kappa shape index (κ1) is 11.9. The standard InChI is InChI=1S/C15H18O2/c1-3-11-10-13(6-9-15(11)17-2)12-4-7-14(16)8-5-12/h3,6,9-10,12H,1,4-5,7-8H2,2H3. The van der Waals surface area contributed by atoms with Gasteiger partial charge in [-0.3, -0.25) is 4.79 Å². The molecule has 0 aliphatic heterocycles. The predicted molar refractivity (Wildman–Crippen MR) is 69.3 cm³/mol. The molecule has 90 valence electrons. The molecule has 2 heteroatoms. The first-order valence-electron chi connectivity index (χ1n) is 6.06. The van der Waals surface area contributed by atoms with Gasteiger partial charge in [-0.05, 0) is 36.5 Å². The molecule has 1 saturated carbocycles. The molecule has 1 aromatic carbocycles. The summed E-state index contributed by atoms with van der Waals surface area (Å²) in [6.07, 6.45) is 5.21. The average Bonchev–Trinajstić information content (AvgIpc) is 2.39. The molecule has 0 saturated heterocycles. The Hall–Kier alpha value is -1.57. The van der Waals surface area contributed by atoms with E-state index in [9.17, 15) is 4.79 Å². The SMILES string of the molecule is C=Cc1cc(C2CCC(=O)CC2)ccc1OC. The summed E-state index contributed by atoms with van der Waals surface area (Å²) < 4.78 is 5.27. The fourth-order valence-electron chi connectivity index (χ4n) is 2.44. The van der Waals surface area contributed by atoms with E-state index >= 15 is 0 Å². The number of Topliss-reactive ketones (excluding diaryl/α,β-unsaturated/α-hetero) is 1. The minimum Gasteiger partial charge on any atom is -0.496 e. The highest BCUT2D eigenvalue weighted by molar-refractivity contribution is 5.79. The molecule has 2 rings (SSSR count). The summed E-state index contributed by atoms with van der Waals surface area (Å²) in [4.78, 5) is 11.2. The third-order valence-corrected chi connectivity index (χ3v) is 3.49. The molecule has 0 unspecified atom stereocenters. The first-order valence-corrected chi connectivity index (χ1v) is 6.06. The van der Waals surface area contributed by atoms with Crippen LogP contribution in [0.4, 0.5) is 0 Å². The largest absolute Gasteiger partial charge is 0.496 e. The molecule has 0 heterocycles. The van der Waals surface area contributed by atoms with Crippen molar-refractivity contribution in [2.24, 2.45) is 0 Å². The van der Waals surface area contributed by atoms with Crippen LogP contribution in [-0.2, 0) is 4.79 Å². The van der Waals surface area contributed by atoms with Crippen LogP contribution in [0.5, 0.6) is 5.75 Å². The van der Waals surface area contributed by atoms with E-state index in [0.29, 0.717) is 11.7 Å². The van der Waals surface area contributed by atoms with Crippen LogP contribution < -0.4 is 4.74 Å². The maximum absolute atomic E-state index is 11.2. The molecule has 0 spiro atoms. The van der Waals surface area contributed by atoms with Crippen molar-refractivity contribution in [3.63, 3.8) is 0 Å². The Morgan fingerprint density at radius 2 is 2.06 bits per heavy atom. The van der Waals surface area contributed by atoms with Crippen LogP contribution in [0.1, 0.15) is 42.7 Å². The van der Waals surface area contributed by atoms with Crippen LogP contribution in [0.2, 0.25) is 0 Å². The van der Waals surface area contributed by atoms with Gasteiger partial charge in [0.2, 0.25) is 0 Å². The van der Waals surface area contributed by atoms with Crippen molar-refractivity contribution < 1.29 is 9.53 Å². The number of carbonyl (C=O) groups is 1. The van der Waals surface area contributed by atoms with Gasteiger partial charge in [0, 0.05) is 18.4 Å². The lowest BCUT2D eigenvalue weighted by molar-refractivity contribution is -0.120. The van der Waals surface area contributed by atoms with Gasteiger partial charge < -0.3 is 4.74 Å². The number of ether oxygens (including phenoxy) is 1. The second-order valence-electron chi connectivity index (χ2n) is 4.52. The van der Waals surface area contributed by atoms with Crippen LogP contribution in [0.3, 0.4) is 0 Å². The fourth-order valence-corrected chi connectivity index (χ4v) is 2.44. The zero-order chi connectivity index (χ0) is 12.3. The lowest BCUT2D eigenvalue weighted by Gasteiger charge is -2.22. The summed E-state index contributed by atoms with van der Waals surface area (Å²) in [5, 5.41) is 0. The third kappa shape index (κ3) is 2.57. The van der Waals surface area contributed by atoms with Gasteiger partial charge in [-0.2, -0.15) is 0 Å². The Morgan fingerprint density at radius 1 is 1.35 bits per heavy atom. The van der Waals surface area contributed by atoms with Crippen LogP contribution in [0.25, 0.3) is 6.08 Å². The molecule has 1 fully saturated rings. The molecular weight excluding hydrogens is 212 g/mol. The number of ketones is 1. The number of benzene rings is 1. The van der Waals surface area contributed by atoms with E-state index in [4.69, 9.17) is 4.74 Å². The van der Waals surface area contributed by atoms with Crippen LogP contribution >= 0.6 is 0 Å². The second-order valence-corrected chi connectivity index (χ2v) is 4.52. The molecule has 2 nitrogen and oxygen atoms in total. The Morgan fingerprint density at radius 3 is 2.65 bits per heavy atom. The van der Waals surface area contributed by atoms with Crippen molar-refractivity contribution >= 4 is 11.9 Å². The maximum Gasteiger partial charge on any atom is 0.132 e. The zero-order valence-corrected chi connectivity index (χ0v) is 10.2. The number of hydrogen-bond donors (Lipinski definition) is 0. The molecule has 1 aliphatic carbocycles. The Balaban J connectivity index is 2.21. The first-order chi connectivity index (χ1) is 8.24. The number of hydrogen-bond acceptors (Lipinski definition) is 2. The van der Waals surface area contributed by atoms with Crippen molar-refractivity contribution in [2.45, 2.75) is 31.6 Å². The van der Waals surface area contributed by atoms with E-state index in [-0.39, 0.29) is 0 Å². The van der Waals surface area contributed by atoms with Crippen LogP contribution in [-0.4, -0.2) is 12.9 Å². The summed E-state index contributed by atoms with van der Waals surface area (Å²) in [6, 6.07) is 6.22. The third-order valence-electron chi connectivity index (χ3n) is 3.49. The normalized spacial score (nSPS) is 16.9. The summed E-state index contributed by atoms with van der Waals surface area (Å²) >= 11 is 0. The molecule has 1 aromatic rings. The highest BCUT2D eigenvalue weighted by Crippen LogP contribution is 2.33. The zero-order valence-electron chi connectivity index (χ0n) is 10.2. The molecule has 17 heavy (non-hydrogen) atoms. The number of methoxy groups -OCH3 is 1. The summed E-state index contributed by atoms with van der Waals surface area (Å²) in [5.74, 6) is 1.77.